The number of halogens is 1. The summed E-state index contributed by atoms with van der Waals surface area (Å²) >= 11 is 1.67. The molecule has 2 atom stereocenters. The van der Waals surface area contributed by atoms with E-state index in [0.717, 1.165) is 16.2 Å². The van der Waals surface area contributed by atoms with E-state index in [1.54, 1.807) is 17.8 Å². The van der Waals surface area contributed by atoms with Crippen molar-refractivity contribution in [1.29, 1.82) is 0 Å². The summed E-state index contributed by atoms with van der Waals surface area (Å²) in [5, 5.41) is 3.00. The first-order valence-corrected chi connectivity index (χ1v) is 9.33. The maximum atomic E-state index is 13.5. The number of nitrogens with one attached hydrogen (secondary N) is 1. The van der Waals surface area contributed by atoms with E-state index in [9.17, 15) is 9.18 Å². The Hall–Kier alpha value is -1.85. The van der Waals surface area contributed by atoms with Gasteiger partial charge in [0.25, 0.3) is 0 Å². The molecule has 25 heavy (non-hydrogen) atoms. The Labute approximate surface area is 153 Å². The molecule has 0 spiro atoms. The van der Waals surface area contributed by atoms with E-state index in [1.807, 2.05) is 62.3 Å². The summed E-state index contributed by atoms with van der Waals surface area (Å²) in [4.78, 5) is 15.5. The van der Waals surface area contributed by atoms with Crippen molar-refractivity contribution in [3.05, 3.63) is 66.0 Å². The van der Waals surface area contributed by atoms with Crippen molar-refractivity contribution in [1.82, 2.24) is 10.2 Å². The minimum atomic E-state index is -0.261. The third-order valence-electron chi connectivity index (χ3n) is 4.02. The van der Waals surface area contributed by atoms with Crippen molar-refractivity contribution in [2.75, 3.05) is 26.4 Å². The van der Waals surface area contributed by atoms with Gasteiger partial charge in [-0.15, -0.1) is 11.8 Å². The first-order valence-electron chi connectivity index (χ1n) is 8.35. The molecule has 0 aliphatic heterocycles. The van der Waals surface area contributed by atoms with Crippen molar-refractivity contribution < 1.29 is 9.18 Å². The third-order valence-corrected chi connectivity index (χ3v) is 5.29. The molecule has 0 aliphatic rings. The molecule has 134 valence electrons. The van der Waals surface area contributed by atoms with Crippen LogP contribution in [-0.2, 0) is 4.79 Å². The van der Waals surface area contributed by atoms with Crippen LogP contribution in [-0.4, -0.2) is 37.2 Å². The molecule has 1 N–H and O–H groups in total. The quantitative estimate of drug-likeness (QED) is 0.723. The molecule has 2 aromatic rings. The highest BCUT2D eigenvalue weighted by Gasteiger charge is 2.18. The second kappa shape index (κ2) is 9.59. The van der Waals surface area contributed by atoms with Gasteiger partial charge in [0.15, 0.2) is 0 Å². The molecule has 0 aliphatic carbocycles. The van der Waals surface area contributed by atoms with Crippen LogP contribution in [0.2, 0.25) is 0 Å². The Morgan fingerprint density at radius 3 is 2.52 bits per heavy atom. The molecule has 0 bridgehead atoms. The summed E-state index contributed by atoms with van der Waals surface area (Å²) in [6, 6.07) is 16.5. The van der Waals surface area contributed by atoms with Gasteiger partial charge in [0.05, 0.1) is 6.04 Å². The molecule has 0 aromatic heterocycles. The monoisotopic (exact) mass is 360 g/mol. The van der Waals surface area contributed by atoms with Gasteiger partial charge in [-0.05, 0) is 43.9 Å². The molecule has 0 heterocycles. The fraction of sp³-hybridized carbons (Fsp3) is 0.350. The maximum absolute atomic E-state index is 13.5. The fourth-order valence-electron chi connectivity index (χ4n) is 2.50. The summed E-state index contributed by atoms with van der Waals surface area (Å²) in [7, 11) is 3.85. The normalized spacial score (nSPS) is 13.5. The van der Waals surface area contributed by atoms with E-state index >= 15 is 0 Å². The molecule has 5 heteroatoms. The molecule has 0 saturated carbocycles. The van der Waals surface area contributed by atoms with Gasteiger partial charge in [0, 0.05) is 23.1 Å². The maximum Gasteiger partial charge on any atom is 0.223 e. The topological polar surface area (TPSA) is 32.3 Å². The van der Waals surface area contributed by atoms with Gasteiger partial charge in [-0.25, -0.2) is 4.39 Å². The summed E-state index contributed by atoms with van der Waals surface area (Å²) in [5.41, 5.74) is 0.858. The van der Waals surface area contributed by atoms with E-state index in [2.05, 4.69) is 5.32 Å². The number of hydrogen-bond acceptors (Lipinski definition) is 3. The Kier molecular flexibility index (Phi) is 7.47. The summed E-state index contributed by atoms with van der Waals surface area (Å²) in [5.74, 6) is 0.387. The van der Waals surface area contributed by atoms with Crippen LogP contribution in [0.5, 0.6) is 0 Å². The molecular weight excluding hydrogens is 335 g/mol. The molecule has 0 saturated heterocycles. The number of nitrogens with zero attached hydrogens (tertiary/aromatic N) is 1. The first kappa shape index (κ1) is 19.5. The van der Waals surface area contributed by atoms with Crippen LogP contribution in [0.15, 0.2) is 59.5 Å². The Bertz CT molecular complexity index is 678. The molecular formula is C20H25FN2OS. The summed E-state index contributed by atoms with van der Waals surface area (Å²) in [6.07, 6.45) is 0. The first-order chi connectivity index (χ1) is 12.0. The number of carbonyl (C=O) groups excluding carboxylic acids is 1. The van der Waals surface area contributed by atoms with Crippen LogP contribution in [0.3, 0.4) is 0 Å². The molecule has 0 fully saturated rings. The Morgan fingerprint density at radius 1 is 1.16 bits per heavy atom. The number of carbonyl (C=O) groups is 1. The average Bonchev–Trinajstić information content (AvgIpc) is 2.60. The van der Waals surface area contributed by atoms with E-state index in [0.29, 0.717) is 6.54 Å². The SMILES string of the molecule is CC(CSc1ccccc1)C(=O)NCC(c1cccc(F)c1)N(C)C. The van der Waals surface area contributed by atoms with Crippen LogP contribution in [0.25, 0.3) is 0 Å². The van der Waals surface area contributed by atoms with Gasteiger partial charge in [-0.3, -0.25) is 4.79 Å². The lowest BCUT2D eigenvalue weighted by Crippen LogP contribution is -2.37. The fourth-order valence-corrected chi connectivity index (χ4v) is 3.44. The molecule has 2 aromatic carbocycles. The van der Waals surface area contributed by atoms with Gasteiger partial charge in [0.2, 0.25) is 5.91 Å². The third kappa shape index (κ3) is 6.18. The van der Waals surface area contributed by atoms with Gasteiger partial charge in [-0.1, -0.05) is 37.3 Å². The minimum Gasteiger partial charge on any atom is -0.354 e. The zero-order valence-corrected chi connectivity index (χ0v) is 15.7. The number of benzene rings is 2. The molecule has 2 rings (SSSR count). The van der Waals surface area contributed by atoms with Crippen molar-refractivity contribution in [2.45, 2.75) is 17.9 Å². The number of likely N-dealkylation sites (N-methyl/N-ethyl adjacent to an activating group) is 1. The van der Waals surface area contributed by atoms with Crippen molar-refractivity contribution in [3.63, 3.8) is 0 Å². The average molecular weight is 360 g/mol. The highest BCUT2D eigenvalue weighted by molar-refractivity contribution is 7.99. The van der Waals surface area contributed by atoms with Crippen LogP contribution >= 0.6 is 11.8 Å². The van der Waals surface area contributed by atoms with E-state index in [4.69, 9.17) is 0 Å². The van der Waals surface area contributed by atoms with E-state index in [-0.39, 0.29) is 23.7 Å². The lowest BCUT2D eigenvalue weighted by atomic mass is 10.1. The lowest BCUT2D eigenvalue weighted by Gasteiger charge is -2.26. The standard InChI is InChI=1S/C20H25FN2OS/c1-15(14-25-18-10-5-4-6-11-18)20(24)22-13-19(23(2)3)16-8-7-9-17(21)12-16/h4-12,15,19H,13-14H2,1-3H3,(H,22,24). The highest BCUT2D eigenvalue weighted by atomic mass is 32.2. The van der Waals surface area contributed by atoms with Gasteiger partial charge < -0.3 is 10.2 Å². The Balaban J connectivity index is 1.87. The zero-order chi connectivity index (χ0) is 18.2. The largest absolute Gasteiger partial charge is 0.354 e. The molecule has 3 nitrogen and oxygen atoms in total. The Morgan fingerprint density at radius 2 is 1.88 bits per heavy atom. The van der Waals surface area contributed by atoms with Crippen molar-refractivity contribution >= 4 is 17.7 Å². The number of amides is 1. The van der Waals surface area contributed by atoms with Crippen LogP contribution in [0.1, 0.15) is 18.5 Å². The smallest absolute Gasteiger partial charge is 0.223 e. The summed E-state index contributed by atoms with van der Waals surface area (Å²) in [6.45, 7) is 2.38. The number of rotatable bonds is 8. The predicted octanol–water partition coefficient (Wildman–Crippen LogP) is 3.97. The van der Waals surface area contributed by atoms with Crippen LogP contribution < -0.4 is 5.32 Å². The van der Waals surface area contributed by atoms with Crippen LogP contribution in [0.4, 0.5) is 4.39 Å². The predicted molar refractivity (Wildman–Crippen MR) is 102 cm³/mol. The van der Waals surface area contributed by atoms with Crippen molar-refractivity contribution in [2.24, 2.45) is 5.92 Å². The van der Waals surface area contributed by atoms with Gasteiger partial charge >= 0.3 is 0 Å². The molecule has 1 amide bonds. The lowest BCUT2D eigenvalue weighted by molar-refractivity contribution is -0.124. The minimum absolute atomic E-state index is 0.0201. The number of hydrogen-bond donors (Lipinski definition) is 1. The van der Waals surface area contributed by atoms with E-state index < -0.39 is 0 Å². The molecule has 0 radical (unpaired) electrons. The number of thioether (sulfide) groups is 1. The second-order valence-corrected chi connectivity index (χ2v) is 7.40. The summed E-state index contributed by atoms with van der Waals surface area (Å²) < 4.78 is 13.5. The zero-order valence-electron chi connectivity index (χ0n) is 14.9. The van der Waals surface area contributed by atoms with Crippen LogP contribution in [0, 0.1) is 11.7 Å². The van der Waals surface area contributed by atoms with E-state index in [1.165, 1.54) is 12.1 Å². The molecule has 2 unspecified atom stereocenters. The second-order valence-electron chi connectivity index (χ2n) is 6.30. The van der Waals surface area contributed by atoms with Crippen molar-refractivity contribution in [3.8, 4) is 0 Å². The van der Waals surface area contributed by atoms with Gasteiger partial charge in [0.1, 0.15) is 5.82 Å². The highest BCUT2D eigenvalue weighted by Crippen LogP contribution is 2.21. The van der Waals surface area contributed by atoms with Gasteiger partial charge in [-0.2, -0.15) is 0 Å².